The van der Waals surface area contributed by atoms with Crippen molar-refractivity contribution in [3.63, 3.8) is 0 Å². The molecule has 82 valence electrons. The monoisotopic (exact) mass is 206 g/mol. The lowest BCUT2D eigenvalue weighted by Crippen LogP contribution is -2.24. The van der Waals surface area contributed by atoms with Gasteiger partial charge in [0.2, 0.25) is 0 Å². The molecule has 2 atom stereocenters. The Morgan fingerprint density at radius 1 is 1.33 bits per heavy atom. The zero-order valence-corrected chi connectivity index (χ0v) is 9.31. The number of ether oxygens (including phenoxy) is 1. The predicted molar refractivity (Wildman–Crippen MR) is 61.0 cm³/mol. The molecule has 2 unspecified atom stereocenters. The number of methoxy groups -OCH3 is 1. The lowest BCUT2D eigenvalue weighted by molar-refractivity contribution is 0.316. The van der Waals surface area contributed by atoms with Gasteiger partial charge in [-0.2, -0.15) is 0 Å². The Morgan fingerprint density at radius 3 is 2.47 bits per heavy atom. The fraction of sp³-hybridized carbons (Fsp3) is 0.500. The highest BCUT2D eigenvalue weighted by Crippen LogP contribution is 2.30. The summed E-state index contributed by atoms with van der Waals surface area (Å²) in [6.45, 7) is 0.983. The van der Waals surface area contributed by atoms with Crippen molar-refractivity contribution in [3.05, 3.63) is 29.8 Å². The minimum atomic E-state index is 0.308. The smallest absolute Gasteiger partial charge is 0.118 e. The molecule has 0 aliphatic carbocycles. The fourth-order valence-corrected chi connectivity index (χ4v) is 2.26. The van der Waals surface area contributed by atoms with Gasteiger partial charge in [0.05, 0.1) is 7.11 Å². The fourth-order valence-electron chi connectivity index (χ4n) is 2.26. The molecule has 0 aromatic heterocycles. The summed E-state index contributed by atoms with van der Waals surface area (Å²) in [6.07, 6.45) is 1.04. The minimum Gasteiger partial charge on any atom is -0.497 e. The molecular weight excluding hydrogens is 188 g/mol. The van der Waals surface area contributed by atoms with E-state index < -0.39 is 0 Å². The summed E-state index contributed by atoms with van der Waals surface area (Å²) in [5.41, 5.74) is 7.27. The van der Waals surface area contributed by atoms with Gasteiger partial charge in [-0.15, -0.1) is 0 Å². The van der Waals surface area contributed by atoms with Crippen LogP contribution >= 0.6 is 0 Å². The zero-order valence-electron chi connectivity index (χ0n) is 9.31. The molecular formula is C12H18N2O. The van der Waals surface area contributed by atoms with Gasteiger partial charge in [-0.05, 0) is 31.2 Å². The molecule has 0 amide bonds. The second-order valence-electron chi connectivity index (χ2n) is 4.22. The molecule has 2 N–H and O–H groups in total. The SMILES string of the molecule is COc1ccc(C2CC(N)CN2C)cc1. The molecule has 0 saturated carbocycles. The molecule has 3 nitrogen and oxygen atoms in total. The first-order valence-corrected chi connectivity index (χ1v) is 5.30. The largest absolute Gasteiger partial charge is 0.497 e. The number of hydrogen-bond acceptors (Lipinski definition) is 3. The summed E-state index contributed by atoms with van der Waals surface area (Å²) in [7, 11) is 3.81. The Kier molecular flexibility index (Phi) is 2.93. The molecule has 3 heteroatoms. The van der Waals surface area contributed by atoms with E-state index >= 15 is 0 Å². The van der Waals surface area contributed by atoms with Crippen LogP contribution in [0.2, 0.25) is 0 Å². The molecule has 15 heavy (non-hydrogen) atoms. The van der Waals surface area contributed by atoms with E-state index in [1.54, 1.807) is 7.11 Å². The summed E-state index contributed by atoms with van der Waals surface area (Å²) < 4.78 is 5.14. The van der Waals surface area contributed by atoms with Crippen LogP contribution in [0.5, 0.6) is 5.75 Å². The van der Waals surface area contributed by atoms with Crippen LogP contribution in [0.25, 0.3) is 0 Å². The Hall–Kier alpha value is -1.06. The van der Waals surface area contributed by atoms with Crippen LogP contribution in [0.1, 0.15) is 18.0 Å². The molecule has 1 saturated heterocycles. The second-order valence-corrected chi connectivity index (χ2v) is 4.22. The average Bonchev–Trinajstić information content (AvgIpc) is 2.58. The lowest BCUT2D eigenvalue weighted by atomic mass is 10.0. The third-order valence-corrected chi connectivity index (χ3v) is 3.08. The normalized spacial score (nSPS) is 26.9. The first-order valence-electron chi connectivity index (χ1n) is 5.30. The maximum atomic E-state index is 5.94. The first kappa shape index (κ1) is 10.5. The molecule has 1 aliphatic rings. The van der Waals surface area contributed by atoms with Crippen LogP contribution in [-0.2, 0) is 0 Å². The topological polar surface area (TPSA) is 38.5 Å². The van der Waals surface area contributed by atoms with Gasteiger partial charge in [0, 0.05) is 18.6 Å². The molecule has 0 radical (unpaired) electrons. The molecule has 2 rings (SSSR count). The van der Waals surface area contributed by atoms with Crippen LogP contribution in [0, 0.1) is 0 Å². The van der Waals surface area contributed by atoms with Gasteiger partial charge in [-0.1, -0.05) is 12.1 Å². The number of hydrogen-bond donors (Lipinski definition) is 1. The van der Waals surface area contributed by atoms with Crippen molar-refractivity contribution in [2.75, 3.05) is 20.7 Å². The first-order chi connectivity index (χ1) is 7.20. The van der Waals surface area contributed by atoms with Crippen molar-refractivity contribution in [1.82, 2.24) is 4.90 Å². The predicted octanol–water partition coefficient (Wildman–Crippen LogP) is 1.40. The maximum Gasteiger partial charge on any atom is 0.118 e. The summed E-state index contributed by atoms with van der Waals surface area (Å²) in [6, 6.07) is 9.03. The van der Waals surface area contributed by atoms with Crippen LogP contribution in [0.3, 0.4) is 0 Å². The van der Waals surface area contributed by atoms with Gasteiger partial charge in [0.1, 0.15) is 5.75 Å². The van der Waals surface area contributed by atoms with E-state index in [1.165, 1.54) is 5.56 Å². The van der Waals surface area contributed by atoms with Gasteiger partial charge in [-0.3, -0.25) is 4.90 Å². The third-order valence-electron chi connectivity index (χ3n) is 3.08. The van der Waals surface area contributed by atoms with E-state index in [2.05, 4.69) is 24.1 Å². The molecule has 0 spiro atoms. The van der Waals surface area contributed by atoms with Gasteiger partial charge >= 0.3 is 0 Å². The van der Waals surface area contributed by atoms with Crippen molar-refractivity contribution < 1.29 is 4.74 Å². The van der Waals surface area contributed by atoms with Crippen molar-refractivity contribution >= 4 is 0 Å². The average molecular weight is 206 g/mol. The van der Waals surface area contributed by atoms with Gasteiger partial charge < -0.3 is 10.5 Å². The summed E-state index contributed by atoms with van der Waals surface area (Å²) >= 11 is 0. The number of likely N-dealkylation sites (N-methyl/N-ethyl adjacent to an activating group) is 1. The summed E-state index contributed by atoms with van der Waals surface area (Å²) in [5, 5.41) is 0. The highest BCUT2D eigenvalue weighted by Gasteiger charge is 2.27. The van der Waals surface area contributed by atoms with E-state index in [4.69, 9.17) is 10.5 Å². The van der Waals surface area contributed by atoms with Crippen LogP contribution < -0.4 is 10.5 Å². The standard InChI is InChI=1S/C12H18N2O/c1-14-8-10(13)7-12(14)9-3-5-11(15-2)6-4-9/h3-6,10,12H,7-8,13H2,1-2H3. The molecule has 1 fully saturated rings. The van der Waals surface area contributed by atoms with Gasteiger partial charge in [0.15, 0.2) is 0 Å². The van der Waals surface area contributed by atoms with E-state index in [-0.39, 0.29) is 0 Å². The van der Waals surface area contributed by atoms with Crippen molar-refractivity contribution in [2.24, 2.45) is 5.73 Å². The highest BCUT2D eigenvalue weighted by atomic mass is 16.5. The highest BCUT2D eigenvalue weighted by molar-refractivity contribution is 5.29. The molecule has 0 bridgehead atoms. The van der Waals surface area contributed by atoms with Crippen molar-refractivity contribution in [2.45, 2.75) is 18.5 Å². The summed E-state index contributed by atoms with van der Waals surface area (Å²) in [5.74, 6) is 0.906. The van der Waals surface area contributed by atoms with Crippen LogP contribution in [-0.4, -0.2) is 31.6 Å². The number of nitrogens with zero attached hydrogens (tertiary/aromatic N) is 1. The van der Waals surface area contributed by atoms with E-state index in [1.807, 2.05) is 12.1 Å². The van der Waals surface area contributed by atoms with E-state index in [0.29, 0.717) is 12.1 Å². The Bertz CT molecular complexity index is 323. The molecule has 1 aliphatic heterocycles. The number of nitrogens with two attached hydrogens (primary N) is 1. The Labute approximate surface area is 90.8 Å². The van der Waals surface area contributed by atoms with Crippen molar-refractivity contribution in [1.29, 1.82) is 0 Å². The van der Waals surface area contributed by atoms with Crippen molar-refractivity contribution in [3.8, 4) is 5.75 Å². The quantitative estimate of drug-likeness (QED) is 0.795. The minimum absolute atomic E-state index is 0.308. The number of benzene rings is 1. The van der Waals surface area contributed by atoms with Gasteiger partial charge in [0.25, 0.3) is 0 Å². The maximum absolute atomic E-state index is 5.94. The zero-order chi connectivity index (χ0) is 10.8. The number of likely N-dealkylation sites (tertiary alicyclic amines) is 1. The third kappa shape index (κ3) is 2.13. The van der Waals surface area contributed by atoms with Crippen LogP contribution in [0.4, 0.5) is 0 Å². The lowest BCUT2D eigenvalue weighted by Gasteiger charge is -2.19. The Balaban J connectivity index is 2.15. The molecule has 1 aromatic carbocycles. The Morgan fingerprint density at radius 2 is 2.00 bits per heavy atom. The summed E-state index contributed by atoms with van der Waals surface area (Å²) in [4.78, 5) is 2.31. The second kappa shape index (κ2) is 4.21. The van der Waals surface area contributed by atoms with E-state index in [0.717, 1.165) is 18.7 Å². The molecule has 1 heterocycles. The number of rotatable bonds is 2. The van der Waals surface area contributed by atoms with Crippen LogP contribution in [0.15, 0.2) is 24.3 Å². The van der Waals surface area contributed by atoms with E-state index in [9.17, 15) is 0 Å². The van der Waals surface area contributed by atoms with Gasteiger partial charge in [-0.25, -0.2) is 0 Å². The molecule has 1 aromatic rings.